The van der Waals surface area contributed by atoms with Gasteiger partial charge >= 0.3 is 0 Å². The van der Waals surface area contributed by atoms with Crippen LogP contribution in [0, 0.1) is 13.8 Å². The number of pyridine rings is 1. The number of piperazine rings is 1. The van der Waals surface area contributed by atoms with E-state index in [-0.39, 0.29) is 5.91 Å². The van der Waals surface area contributed by atoms with Gasteiger partial charge in [0.05, 0.1) is 17.8 Å². The molecule has 2 aromatic heterocycles. The molecule has 1 fully saturated rings. The van der Waals surface area contributed by atoms with Crippen LogP contribution >= 0.6 is 11.6 Å². The topological polar surface area (TPSA) is 54.3 Å². The molecule has 30 heavy (non-hydrogen) atoms. The highest BCUT2D eigenvalue weighted by Crippen LogP contribution is 2.21. The van der Waals surface area contributed by atoms with E-state index in [1.54, 1.807) is 6.20 Å². The molecule has 4 rings (SSSR count). The lowest BCUT2D eigenvalue weighted by Gasteiger charge is -2.34. The molecule has 0 aliphatic carbocycles. The van der Waals surface area contributed by atoms with Crippen LogP contribution in [0.25, 0.3) is 5.69 Å². The average molecular weight is 424 g/mol. The molecule has 156 valence electrons. The minimum atomic E-state index is 0.165. The molecule has 6 nitrogen and oxygen atoms in total. The first-order valence-electron chi connectivity index (χ1n) is 10.2. The first-order valence-corrected chi connectivity index (χ1v) is 10.6. The quantitative estimate of drug-likeness (QED) is 0.631. The summed E-state index contributed by atoms with van der Waals surface area (Å²) in [6, 6.07) is 11.6. The Bertz CT molecular complexity index is 1010. The maximum atomic E-state index is 13.0. The molecule has 1 amide bonds. The lowest BCUT2D eigenvalue weighted by Crippen LogP contribution is -2.48. The summed E-state index contributed by atoms with van der Waals surface area (Å²) in [5, 5.41) is 5.35. The number of aromatic nitrogens is 3. The van der Waals surface area contributed by atoms with Crippen LogP contribution in [0.1, 0.15) is 22.5 Å². The zero-order valence-corrected chi connectivity index (χ0v) is 18.1. The Morgan fingerprint density at radius 2 is 1.80 bits per heavy atom. The average Bonchev–Trinajstić information content (AvgIpc) is 3.04. The second-order valence-corrected chi connectivity index (χ2v) is 8.17. The molecule has 1 aliphatic heterocycles. The summed E-state index contributed by atoms with van der Waals surface area (Å²) in [6.45, 7) is 8.12. The highest BCUT2D eigenvalue weighted by molar-refractivity contribution is 6.30. The number of carbonyl (C=O) groups is 1. The standard InChI is InChI=1S/C23H26ClN5O/c1-17-22(18(2)29(26-17)21-7-5-20(24)6-8-21)14-23(30)28-12-10-27(11-13-28)16-19-4-3-9-25-15-19/h3-9,15H,10-14,16H2,1-2H3. The van der Waals surface area contributed by atoms with Gasteiger partial charge in [-0.25, -0.2) is 4.68 Å². The first-order chi connectivity index (χ1) is 14.5. The SMILES string of the molecule is Cc1nn(-c2ccc(Cl)cc2)c(C)c1CC(=O)N1CCN(Cc2cccnc2)CC1. The van der Waals surface area contributed by atoms with Crippen LogP contribution in [0.15, 0.2) is 48.8 Å². The Hall–Kier alpha value is -2.70. The third-order valence-electron chi connectivity index (χ3n) is 5.69. The van der Waals surface area contributed by atoms with E-state index < -0.39 is 0 Å². The molecule has 3 heterocycles. The maximum absolute atomic E-state index is 13.0. The highest BCUT2D eigenvalue weighted by Gasteiger charge is 2.23. The third kappa shape index (κ3) is 4.55. The first kappa shape index (κ1) is 20.6. The summed E-state index contributed by atoms with van der Waals surface area (Å²) < 4.78 is 1.89. The second kappa shape index (κ2) is 8.98. The van der Waals surface area contributed by atoms with Crippen molar-refractivity contribution < 1.29 is 4.79 Å². The number of nitrogens with zero attached hydrogens (tertiary/aromatic N) is 5. The molecule has 3 aromatic rings. The summed E-state index contributed by atoms with van der Waals surface area (Å²) in [5.74, 6) is 0.165. The Morgan fingerprint density at radius 3 is 2.47 bits per heavy atom. The number of hydrogen-bond donors (Lipinski definition) is 0. The lowest BCUT2D eigenvalue weighted by atomic mass is 10.1. The van der Waals surface area contributed by atoms with Crippen LogP contribution in [-0.4, -0.2) is 56.7 Å². The van der Waals surface area contributed by atoms with E-state index in [9.17, 15) is 4.79 Å². The van der Waals surface area contributed by atoms with Crippen LogP contribution in [0.5, 0.6) is 0 Å². The van der Waals surface area contributed by atoms with E-state index in [4.69, 9.17) is 11.6 Å². The van der Waals surface area contributed by atoms with E-state index in [0.717, 1.165) is 55.4 Å². The van der Waals surface area contributed by atoms with Crippen molar-refractivity contribution in [1.29, 1.82) is 0 Å². The lowest BCUT2D eigenvalue weighted by molar-refractivity contribution is -0.132. The zero-order valence-electron chi connectivity index (χ0n) is 17.4. The Labute approximate surface area is 182 Å². The van der Waals surface area contributed by atoms with Crippen molar-refractivity contribution in [2.75, 3.05) is 26.2 Å². The summed E-state index contributed by atoms with van der Waals surface area (Å²) in [5.41, 5.74) is 5.05. The van der Waals surface area contributed by atoms with Gasteiger partial charge in [-0.1, -0.05) is 17.7 Å². The number of aryl methyl sites for hydroxylation is 1. The molecule has 0 radical (unpaired) electrons. The van der Waals surface area contributed by atoms with Crippen molar-refractivity contribution in [2.45, 2.75) is 26.8 Å². The van der Waals surface area contributed by atoms with Gasteiger partial charge in [0.2, 0.25) is 5.91 Å². The van der Waals surface area contributed by atoms with Gasteiger partial charge in [-0.15, -0.1) is 0 Å². The van der Waals surface area contributed by atoms with Crippen LogP contribution in [0.2, 0.25) is 5.02 Å². The van der Waals surface area contributed by atoms with Crippen LogP contribution in [-0.2, 0) is 17.8 Å². The van der Waals surface area contributed by atoms with Gasteiger partial charge in [0.1, 0.15) is 0 Å². The van der Waals surface area contributed by atoms with E-state index in [1.807, 2.05) is 60.0 Å². The van der Waals surface area contributed by atoms with Crippen molar-refractivity contribution in [3.63, 3.8) is 0 Å². The number of rotatable bonds is 5. The third-order valence-corrected chi connectivity index (χ3v) is 5.95. The van der Waals surface area contributed by atoms with Crippen molar-refractivity contribution in [3.8, 4) is 5.69 Å². The Morgan fingerprint density at radius 1 is 1.07 bits per heavy atom. The van der Waals surface area contributed by atoms with Crippen LogP contribution < -0.4 is 0 Å². The predicted octanol–water partition coefficient (Wildman–Crippen LogP) is 3.42. The largest absolute Gasteiger partial charge is 0.340 e. The molecule has 0 atom stereocenters. The van der Waals surface area contributed by atoms with E-state index in [0.29, 0.717) is 11.4 Å². The number of halogens is 1. The van der Waals surface area contributed by atoms with E-state index in [1.165, 1.54) is 5.56 Å². The highest BCUT2D eigenvalue weighted by atomic mass is 35.5. The molecule has 7 heteroatoms. The fourth-order valence-electron chi connectivity index (χ4n) is 3.93. The van der Waals surface area contributed by atoms with Gasteiger partial charge in [0.15, 0.2) is 0 Å². The van der Waals surface area contributed by atoms with Crippen molar-refractivity contribution in [2.24, 2.45) is 0 Å². The number of carbonyl (C=O) groups excluding carboxylic acids is 1. The van der Waals surface area contributed by atoms with Crippen molar-refractivity contribution >= 4 is 17.5 Å². The zero-order chi connectivity index (χ0) is 21.1. The summed E-state index contributed by atoms with van der Waals surface area (Å²) in [7, 11) is 0. The number of benzene rings is 1. The van der Waals surface area contributed by atoms with Crippen molar-refractivity contribution in [3.05, 3.63) is 76.3 Å². The van der Waals surface area contributed by atoms with Gasteiger partial charge in [-0.2, -0.15) is 5.10 Å². The maximum Gasteiger partial charge on any atom is 0.227 e. The van der Waals surface area contributed by atoms with Gasteiger partial charge in [0.25, 0.3) is 0 Å². The van der Waals surface area contributed by atoms with E-state index >= 15 is 0 Å². The molecular formula is C23H26ClN5O. The fraction of sp³-hybridized carbons (Fsp3) is 0.348. The van der Waals surface area contributed by atoms with Crippen molar-refractivity contribution in [1.82, 2.24) is 24.6 Å². The molecule has 0 spiro atoms. The monoisotopic (exact) mass is 423 g/mol. The molecule has 1 saturated heterocycles. The van der Waals surface area contributed by atoms with Gasteiger partial charge in [0, 0.05) is 61.4 Å². The molecular weight excluding hydrogens is 398 g/mol. The van der Waals surface area contributed by atoms with Gasteiger partial charge in [-0.05, 0) is 49.7 Å². The second-order valence-electron chi connectivity index (χ2n) is 7.73. The normalized spacial score (nSPS) is 14.8. The van der Waals surface area contributed by atoms with E-state index in [2.05, 4.69) is 21.0 Å². The van der Waals surface area contributed by atoms with Gasteiger partial charge < -0.3 is 4.90 Å². The molecule has 1 aromatic carbocycles. The van der Waals surface area contributed by atoms with Crippen LogP contribution in [0.3, 0.4) is 0 Å². The molecule has 0 bridgehead atoms. The molecule has 1 aliphatic rings. The number of hydrogen-bond acceptors (Lipinski definition) is 4. The minimum Gasteiger partial charge on any atom is -0.340 e. The fourth-order valence-corrected chi connectivity index (χ4v) is 4.06. The predicted molar refractivity (Wildman–Crippen MR) is 118 cm³/mol. The summed E-state index contributed by atoms with van der Waals surface area (Å²) >= 11 is 6.00. The smallest absolute Gasteiger partial charge is 0.227 e. The van der Waals surface area contributed by atoms with Crippen LogP contribution in [0.4, 0.5) is 0 Å². The molecule has 0 unspecified atom stereocenters. The Kier molecular flexibility index (Phi) is 6.16. The van der Waals surface area contributed by atoms with Gasteiger partial charge in [-0.3, -0.25) is 14.7 Å². The molecule has 0 N–H and O–H groups in total. The summed E-state index contributed by atoms with van der Waals surface area (Å²) in [6.07, 6.45) is 4.08. The summed E-state index contributed by atoms with van der Waals surface area (Å²) in [4.78, 5) is 21.5. The Balaban J connectivity index is 1.38. The minimum absolute atomic E-state index is 0.165. The molecule has 0 saturated carbocycles. The number of amides is 1.